The topological polar surface area (TPSA) is 55.1 Å². The summed E-state index contributed by atoms with van der Waals surface area (Å²) in [6.07, 6.45) is 2.56. The van der Waals surface area contributed by atoms with Crippen LogP contribution in [0.3, 0.4) is 0 Å². The maximum absolute atomic E-state index is 11.2. The van der Waals surface area contributed by atoms with Crippen LogP contribution in [0.4, 0.5) is 5.69 Å². The number of nitrogens with one attached hydrogen (secondary N) is 1. The fraction of sp³-hybridized carbons (Fsp3) is 0.417. The van der Waals surface area contributed by atoms with E-state index in [2.05, 4.69) is 17.4 Å². The summed E-state index contributed by atoms with van der Waals surface area (Å²) in [6, 6.07) is 6.64. The number of hydrogen-bond donors (Lipinski definition) is 2. The summed E-state index contributed by atoms with van der Waals surface area (Å²) in [4.78, 5) is 11.2. The third-order valence-corrected chi connectivity index (χ3v) is 3.29. The zero-order valence-corrected chi connectivity index (χ0v) is 8.49. The van der Waals surface area contributed by atoms with E-state index in [0.29, 0.717) is 18.4 Å². The Morgan fingerprint density at radius 2 is 2.13 bits per heavy atom. The summed E-state index contributed by atoms with van der Waals surface area (Å²) in [5.41, 5.74) is 9.39. The van der Waals surface area contributed by atoms with Crippen molar-refractivity contribution in [1.82, 2.24) is 0 Å². The Morgan fingerprint density at radius 3 is 2.87 bits per heavy atom. The molecule has 0 bridgehead atoms. The molecular formula is C12H14N2O. The zero-order valence-electron chi connectivity index (χ0n) is 8.49. The summed E-state index contributed by atoms with van der Waals surface area (Å²) in [5, 5.41) is 2.89. The van der Waals surface area contributed by atoms with Gasteiger partial charge in [0.25, 0.3) is 0 Å². The van der Waals surface area contributed by atoms with Gasteiger partial charge in [0.05, 0.1) is 0 Å². The van der Waals surface area contributed by atoms with E-state index in [0.717, 1.165) is 18.5 Å². The van der Waals surface area contributed by atoms with Gasteiger partial charge in [0, 0.05) is 24.1 Å². The third-order valence-electron chi connectivity index (χ3n) is 3.29. The van der Waals surface area contributed by atoms with Crippen molar-refractivity contribution in [2.24, 2.45) is 5.73 Å². The lowest BCUT2D eigenvalue weighted by molar-refractivity contribution is -0.116. The fourth-order valence-electron chi connectivity index (χ4n) is 2.23. The second-order valence-electron chi connectivity index (χ2n) is 4.47. The standard InChI is InChI=1S/C12H14N2O/c13-10-6-9(10)7-1-3-11-8(5-7)2-4-12(15)14-11/h1,3,5,9-10H,2,4,6,13H2,(H,14,15). The first-order chi connectivity index (χ1) is 7.24. The van der Waals surface area contributed by atoms with Gasteiger partial charge in [-0.2, -0.15) is 0 Å². The maximum Gasteiger partial charge on any atom is 0.224 e. The number of hydrogen-bond acceptors (Lipinski definition) is 2. The Labute approximate surface area is 88.7 Å². The zero-order chi connectivity index (χ0) is 10.4. The molecule has 0 radical (unpaired) electrons. The predicted octanol–water partition coefficient (Wildman–Crippen LogP) is 1.39. The van der Waals surface area contributed by atoms with Gasteiger partial charge in [-0.15, -0.1) is 0 Å². The van der Waals surface area contributed by atoms with E-state index in [1.807, 2.05) is 6.07 Å². The molecule has 3 heteroatoms. The summed E-state index contributed by atoms with van der Waals surface area (Å²) < 4.78 is 0. The van der Waals surface area contributed by atoms with Crippen LogP contribution in [0.2, 0.25) is 0 Å². The molecule has 0 aromatic heterocycles. The first-order valence-corrected chi connectivity index (χ1v) is 5.42. The lowest BCUT2D eigenvalue weighted by Crippen LogP contribution is -2.19. The normalized spacial score (nSPS) is 28.2. The van der Waals surface area contributed by atoms with Crippen molar-refractivity contribution in [2.45, 2.75) is 31.2 Å². The van der Waals surface area contributed by atoms with Gasteiger partial charge in [-0.05, 0) is 30.0 Å². The monoisotopic (exact) mass is 202 g/mol. The van der Waals surface area contributed by atoms with E-state index < -0.39 is 0 Å². The third kappa shape index (κ3) is 1.53. The molecule has 1 saturated carbocycles. The van der Waals surface area contributed by atoms with Gasteiger partial charge in [-0.3, -0.25) is 4.79 Å². The molecule has 15 heavy (non-hydrogen) atoms. The van der Waals surface area contributed by atoms with Crippen molar-refractivity contribution >= 4 is 11.6 Å². The van der Waals surface area contributed by atoms with Crippen molar-refractivity contribution in [3.63, 3.8) is 0 Å². The van der Waals surface area contributed by atoms with Gasteiger partial charge in [0.2, 0.25) is 5.91 Å². The highest BCUT2D eigenvalue weighted by Gasteiger charge is 2.35. The van der Waals surface area contributed by atoms with Crippen LogP contribution in [-0.2, 0) is 11.2 Å². The predicted molar refractivity (Wildman–Crippen MR) is 58.7 cm³/mol. The van der Waals surface area contributed by atoms with E-state index in [-0.39, 0.29) is 5.91 Å². The fourth-order valence-corrected chi connectivity index (χ4v) is 2.23. The Bertz CT molecular complexity index is 428. The van der Waals surface area contributed by atoms with E-state index >= 15 is 0 Å². The minimum absolute atomic E-state index is 0.123. The number of nitrogens with two attached hydrogens (primary N) is 1. The molecule has 3 nitrogen and oxygen atoms in total. The average Bonchev–Trinajstić information content (AvgIpc) is 2.95. The Morgan fingerprint density at radius 1 is 1.33 bits per heavy atom. The molecule has 1 aromatic carbocycles. The largest absolute Gasteiger partial charge is 0.327 e. The van der Waals surface area contributed by atoms with Crippen LogP contribution in [0.5, 0.6) is 0 Å². The summed E-state index contributed by atoms with van der Waals surface area (Å²) >= 11 is 0. The highest BCUT2D eigenvalue weighted by Crippen LogP contribution is 2.40. The number of aryl methyl sites for hydroxylation is 1. The van der Waals surface area contributed by atoms with Gasteiger partial charge >= 0.3 is 0 Å². The number of carbonyl (C=O) groups excluding carboxylic acids is 1. The second kappa shape index (κ2) is 3.07. The van der Waals surface area contributed by atoms with Crippen LogP contribution in [0.25, 0.3) is 0 Å². The number of anilines is 1. The number of amides is 1. The van der Waals surface area contributed by atoms with Crippen molar-refractivity contribution < 1.29 is 4.79 Å². The minimum atomic E-state index is 0.123. The average molecular weight is 202 g/mol. The molecule has 1 amide bonds. The molecule has 1 aliphatic carbocycles. The van der Waals surface area contributed by atoms with E-state index in [9.17, 15) is 4.79 Å². The molecule has 1 fully saturated rings. The molecule has 3 rings (SSSR count). The second-order valence-corrected chi connectivity index (χ2v) is 4.47. The van der Waals surface area contributed by atoms with E-state index in [4.69, 9.17) is 5.73 Å². The summed E-state index contributed by atoms with van der Waals surface area (Å²) in [7, 11) is 0. The van der Waals surface area contributed by atoms with Crippen molar-refractivity contribution in [2.75, 3.05) is 5.32 Å². The summed E-state index contributed by atoms with van der Waals surface area (Å²) in [6.45, 7) is 0. The van der Waals surface area contributed by atoms with Crippen LogP contribution in [-0.4, -0.2) is 11.9 Å². The van der Waals surface area contributed by atoms with Gasteiger partial charge in [0.15, 0.2) is 0 Å². The molecule has 1 heterocycles. The molecule has 0 spiro atoms. The van der Waals surface area contributed by atoms with Crippen LogP contribution in [0.15, 0.2) is 18.2 Å². The maximum atomic E-state index is 11.2. The first kappa shape index (κ1) is 8.92. The first-order valence-electron chi connectivity index (χ1n) is 5.42. The minimum Gasteiger partial charge on any atom is -0.327 e. The van der Waals surface area contributed by atoms with Gasteiger partial charge in [-0.25, -0.2) is 0 Å². The molecule has 1 aromatic rings. The van der Waals surface area contributed by atoms with Crippen LogP contribution < -0.4 is 11.1 Å². The molecule has 3 N–H and O–H groups in total. The summed E-state index contributed by atoms with van der Waals surface area (Å²) in [5.74, 6) is 0.673. The molecular weight excluding hydrogens is 188 g/mol. The van der Waals surface area contributed by atoms with Gasteiger partial charge in [0.1, 0.15) is 0 Å². The van der Waals surface area contributed by atoms with Crippen molar-refractivity contribution in [1.29, 1.82) is 0 Å². The SMILES string of the molecule is NC1CC1c1ccc2c(c1)CCC(=O)N2. The van der Waals surface area contributed by atoms with Crippen LogP contribution >= 0.6 is 0 Å². The smallest absolute Gasteiger partial charge is 0.224 e. The van der Waals surface area contributed by atoms with Crippen molar-refractivity contribution in [3.05, 3.63) is 29.3 Å². The van der Waals surface area contributed by atoms with Gasteiger partial charge in [-0.1, -0.05) is 12.1 Å². The molecule has 0 saturated heterocycles. The van der Waals surface area contributed by atoms with Crippen molar-refractivity contribution in [3.8, 4) is 0 Å². The Balaban J connectivity index is 1.93. The lowest BCUT2D eigenvalue weighted by Gasteiger charge is -2.17. The molecule has 2 unspecified atom stereocenters. The van der Waals surface area contributed by atoms with E-state index in [1.165, 1.54) is 11.1 Å². The highest BCUT2D eigenvalue weighted by molar-refractivity contribution is 5.93. The molecule has 2 atom stereocenters. The number of rotatable bonds is 1. The molecule has 78 valence electrons. The quantitative estimate of drug-likeness (QED) is 0.723. The lowest BCUT2D eigenvalue weighted by atomic mass is 9.98. The number of fused-ring (bicyclic) bond motifs is 1. The highest BCUT2D eigenvalue weighted by atomic mass is 16.1. The Kier molecular flexibility index (Phi) is 1.83. The number of carbonyl (C=O) groups is 1. The van der Waals surface area contributed by atoms with E-state index in [1.54, 1.807) is 0 Å². The van der Waals surface area contributed by atoms with Crippen LogP contribution in [0.1, 0.15) is 29.9 Å². The Hall–Kier alpha value is -1.35. The van der Waals surface area contributed by atoms with Crippen LogP contribution in [0, 0.1) is 0 Å². The van der Waals surface area contributed by atoms with Gasteiger partial charge < -0.3 is 11.1 Å². The molecule has 1 aliphatic heterocycles. The molecule has 2 aliphatic rings. The number of benzene rings is 1.